The summed E-state index contributed by atoms with van der Waals surface area (Å²) < 4.78 is 21.9. The third-order valence-corrected chi connectivity index (χ3v) is 6.63. The zero-order valence-corrected chi connectivity index (χ0v) is 22.1. The molecule has 13 heteroatoms. The molecule has 0 bridgehead atoms. The van der Waals surface area contributed by atoms with Gasteiger partial charge < -0.3 is 54.4 Å². The van der Waals surface area contributed by atoms with Gasteiger partial charge in [0.15, 0.2) is 17.3 Å². The second-order valence-electron chi connectivity index (χ2n) is 9.64. The Kier molecular flexibility index (Phi) is 8.23. The van der Waals surface area contributed by atoms with E-state index in [1.54, 1.807) is 24.3 Å². The van der Waals surface area contributed by atoms with Gasteiger partial charge in [0.1, 0.15) is 53.5 Å². The van der Waals surface area contributed by atoms with Crippen molar-refractivity contribution in [2.45, 2.75) is 30.7 Å². The molecule has 1 aromatic heterocycles. The number of aromatic hydroxyl groups is 4. The number of carbonyl (C=O) groups is 1. The lowest BCUT2D eigenvalue weighted by Gasteiger charge is -2.20. The van der Waals surface area contributed by atoms with Crippen LogP contribution in [0.15, 0.2) is 76.0 Å². The first-order chi connectivity index (χ1) is 20.5. The maximum atomic E-state index is 13.5. The van der Waals surface area contributed by atoms with Crippen molar-refractivity contribution in [3.8, 4) is 40.1 Å². The number of ether oxygens (including phenoxy) is 3. The normalized spacial score (nSPS) is 20.8. The highest BCUT2D eigenvalue weighted by atomic mass is 16.7. The molecular weight excluding hydrogens is 568 g/mol. The molecule has 5 atom stereocenters. The molecule has 0 spiro atoms. The van der Waals surface area contributed by atoms with Crippen molar-refractivity contribution in [2.75, 3.05) is 6.61 Å². The molecule has 0 saturated carbocycles. The number of benzene rings is 3. The highest BCUT2D eigenvalue weighted by Gasteiger charge is 2.48. The molecule has 1 aliphatic rings. The van der Waals surface area contributed by atoms with Gasteiger partial charge in [-0.25, -0.2) is 4.79 Å². The summed E-state index contributed by atoms with van der Waals surface area (Å²) in [6.45, 7) is -0.618. The molecule has 5 rings (SSSR count). The van der Waals surface area contributed by atoms with Crippen LogP contribution in [0.4, 0.5) is 0 Å². The number of hydrogen-bond acceptors (Lipinski definition) is 13. The van der Waals surface area contributed by atoms with Crippen LogP contribution < -0.4 is 10.2 Å². The van der Waals surface area contributed by atoms with Gasteiger partial charge in [0.25, 0.3) is 0 Å². The summed E-state index contributed by atoms with van der Waals surface area (Å²) in [5, 5.41) is 71.3. The van der Waals surface area contributed by atoms with E-state index in [0.29, 0.717) is 0 Å². The first-order valence-electron chi connectivity index (χ1n) is 12.8. The monoisotopic (exact) mass is 594 g/mol. The van der Waals surface area contributed by atoms with Gasteiger partial charge in [-0.3, -0.25) is 4.79 Å². The van der Waals surface area contributed by atoms with Crippen LogP contribution in [-0.4, -0.2) is 79.0 Å². The molecule has 2 heterocycles. The van der Waals surface area contributed by atoms with Crippen molar-refractivity contribution in [2.24, 2.45) is 0 Å². The van der Waals surface area contributed by atoms with E-state index in [9.17, 15) is 45.3 Å². The summed E-state index contributed by atoms with van der Waals surface area (Å²) in [5.41, 5.74) is -0.494. The largest absolute Gasteiger partial charge is 0.508 e. The van der Waals surface area contributed by atoms with Gasteiger partial charge in [-0.1, -0.05) is 30.3 Å². The highest BCUT2D eigenvalue weighted by Crippen LogP contribution is 2.39. The van der Waals surface area contributed by atoms with Gasteiger partial charge in [-0.05, 0) is 29.8 Å². The Morgan fingerprint density at radius 3 is 2.40 bits per heavy atom. The summed E-state index contributed by atoms with van der Waals surface area (Å²) in [6.07, 6.45) is -5.84. The highest BCUT2D eigenvalue weighted by molar-refractivity contribution is 5.88. The van der Waals surface area contributed by atoms with Crippen LogP contribution in [0.3, 0.4) is 0 Å². The SMILES string of the molecule is O=C(/C=C/c1ccccc1)OC[C@@H](O)[C@H]1O[C@@H](Oc2c(-c3ccc(O)c(O)c3)oc3cc(O)cc(O)c3c2=O)[C@H](O)[C@H]1O. The number of phenolic OH excluding ortho intramolecular Hbond substituents is 4. The Morgan fingerprint density at radius 2 is 1.67 bits per heavy atom. The number of carbonyl (C=O) groups excluding carboxylic acids is 1. The van der Waals surface area contributed by atoms with Crippen LogP contribution >= 0.6 is 0 Å². The fourth-order valence-electron chi connectivity index (χ4n) is 4.47. The maximum absolute atomic E-state index is 13.5. The first-order valence-corrected chi connectivity index (χ1v) is 12.8. The Morgan fingerprint density at radius 1 is 0.930 bits per heavy atom. The number of hydrogen-bond donors (Lipinski definition) is 7. The fourth-order valence-corrected chi connectivity index (χ4v) is 4.47. The molecule has 0 aliphatic carbocycles. The van der Waals surface area contributed by atoms with Crippen LogP contribution in [0.5, 0.6) is 28.7 Å². The van der Waals surface area contributed by atoms with Gasteiger partial charge in [-0.15, -0.1) is 0 Å². The summed E-state index contributed by atoms with van der Waals surface area (Å²) >= 11 is 0. The first kappa shape index (κ1) is 29.4. The zero-order valence-electron chi connectivity index (χ0n) is 22.1. The molecule has 0 unspecified atom stereocenters. The van der Waals surface area contributed by atoms with Crippen molar-refractivity contribution in [3.63, 3.8) is 0 Å². The Hall–Kier alpha value is -5.08. The molecule has 13 nitrogen and oxygen atoms in total. The molecule has 1 saturated heterocycles. The van der Waals surface area contributed by atoms with E-state index in [2.05, 4.69) is 0 Å². The lowest BCUT2D eigenvalue weighted by Crippen LogP contribution is -2.41. The minimum atomic E-state index is -1.82. The average molecular weight is 595 g/mol. The van der Waals surface area contributed by atoms with Gasteiger partial charge in [0.05, 0.1) is 0 Å². The Bertz CT molecular complexity index is 1730. The third kappa shape index (κ3) is 6.10. The van der Waals surface area contributed by atoms with Crippen LogP contribution in [0.1, 0.15) is 5.56 Å². The van der Waals surface area contributed by atoms with E-state index in [1.807, 2.05) is 6.07 Å². The molecule has 7 N–H and O–H groups in total. The van der Waals surface area contributed by atoms with Crippen LogP contribution in [0.2, 0.25) is 0 Å². The molecular formula is C30H26O13. The molecule has 224 valence electrons. The lowest BCUT2D eigenvalue weighted by atomic mass is 10.1. The second-order valence-corrected chi connectivity index (χ2v) is 9.64. The fraction of sp³-hybridized carbons (Fsp3) is 0.200. The van der Waals surface area contributed by atoms with Crippen molar-refractivity contribution >= 4 is 23.0 Å². The summed E-state index contributed by atoms with van der Waals surface area (Å²) in [7, 11) is 0. The number of aliphatic hydroxyl groups is 3. The average Bonchev–Trinajstić information content (AvgIpc) is 3.26. The van der Waals surface area contributed by atoms with Gasteiger partial charge in [0.2, 0.25) is 17.5 Å². The molecule has 1 fully saturated rings. The molecule has 43 heavy (non-hydrogen) atoms. The van der Waals surface area contributed by atoms with Crippen molar-refractivity contribution in [1.82, 2.24) is 0 Å². The molecule has 0 radical (unpaired) electrons. The topological polar surface area (TPSA) is 217 Å². The molecule has 0 amide bonds. The van der Waals surface area contributed by atoms with E-state index in [4.69, 9.17) is 18.6 Å². The molecule has 1 aliphatic heterocycles. The summed E-state index contributed by atoms with van der Waals surface area (Å²) in [4.78, 5) is 25.6. The van der Waals surface area contributed by atoms with E-state index in [0.717, 1.165) is 35.9 Å². The minimum absolute atomic E-state index is 0.00669. The third-order valence-electron chi connectivity index (χ3n) is 6.63. The second kappa shape index (κ2) is 12.0. The van der Waals surface area contributed by atoms with Crippen molar-refractivity contribution in [1.29, 1.82) is 0 Å². The van der Waals surface area contributed by atoms with Crippen molar-refractivity contribution in [3.05, 3.63) is 82.5 Å². The Labute approximate surface area is 242 Å². The predicted molar refractivity (Wildman–Crippen MR) is 148 cm³/mol. The molecule has 4 aromatic rings. The van der Waals surface area contributed by atoms with Gasteiger partial charge in [-0.2, -0.15) is 0 Å². The van der Waals surface area contributed by atoms with E-state index in [-0.39, 0.29) is 16.9 Å². The summed E-state index contributed by atoms with van der Waals surface area (Å²) in [5.74, 6) is -3.91. The number of rotatable bonds is 8. The zero-order chi connectivity index (χ0) is 30.8. The quantitative estimate of drug-likeness (QED) is 0.0880. The number of phenols is 4. The van der Waals surface area contributed by atoms with Crippen molar-refractivity contribution < 1.29 is 59.2 Å². The van der Waals surface area contributed by atoms with Crippen LogP contribution in [0.25, 0.3) is 28.4 Å². The predicted octanol–water partition coefficient (Wildman–Crippen LogP) is 1.73. The van der Waals surface area contributed by atoms with E-state index in [1.165, 1.54) is 12.1 Å². The van der Waals surface area contributed by atoms with Gasteiger partial charge in [0, 0.05) is 23.8 Å². The van der Waals surface area contributed by atoms with E-state index < -0.39 is 82.8 Å². The van der Waals surface area contributed by atoms with E-state index >= 15 is 0 Å². The number of aliphatic hydroxyl groups excluding tert-OH is 3. The minimum Gasteiger partial charge on any atom is -0.508 e. The maximum Gasteiger partial charge on any atom is 0.330 e. The number of esters is 1. The standard InChI is InChI=1S/C30H26O13/c31-16-11-19(34)23-21(12-16)41-27(15-7-8-17(32)18(33)10-15)29(24(23)37)43-30-26(39)25(38)28(42-30)20(35)13-40-22(36)9-6-14-4-2-1-3-5-14/h1-12,20,25-26,28,30-35,38-39H,13H2/b9-6+/t20-,25-,26-,28-,30+/m1/s1. The lowest BCUT2D eigenvalue weighted by molar-refractivity contribution is -0.154. The Balaban J connectivity index is 1.39. The number of fused-ring (bicyclic) bond motifs is 1. The summed E-state index contributed by atoms with van der Waals surface area (Å²) in [6, 6.07) is 14.3. The van der Waals surface area contributed by atoms with Crippen LogP contribution in [-0.2, 0) is 14.3 Å². The van der Waals surface area contributed by atoms with Crippen LogP contribution in [0, 0.1) is 0 Å². The van der Waals surface area contributed by atoms with Gasteiger partial charge >= 0.3 is 5.97 Å². The smallest absolute Gasteiger partial charge is 0.330 e. The molecule has 3 aromatic carbocycles.